The average Bonchev–Trinajstić information content (AvgIpc) is 3.36. The zero-order chi connectivity index (χ0) is 31.4. The Morgan fingerprint density at radius 1 is 0.591 bits per heavy atom. The summed E-state index contributed by atoms with van der Waals surface area (Å²) in [7, 11) is 0. The molecule has 2 atom stereocenters. The molecule has 0 heterocycles. The summed E-state index contributed by atoms with van der Waals surface area (Å²) in [6.07, 6.45) is 7.04. The van der Waals surface area contributed by atoms with E-state index in [0.717, 1.165) is 21.8 Å². The SMILES string of the molecule is CC(C)(C)C1=CC=C(C2(c3ccc(C(C)(C)C)cc3)c3cc(Br)ccc3-c3cc4c(cc32)-c2ccc(Br)cc2C4(C)I)CC1. The van der Waals surface area contributed by atoms with Gasteiger partial charge in [-0.2, -0.15) is 0 Å². The van der Waals surface area contributed by atoms with E-state index in [1.807, 2.05) is 0 Å². The number of alkyl halides is 1. The number of halogens is 3. The molecule has 224 valence electrons. The van der Waals surface area contributed by atoms with Crippen LogP contribution in [0.3, 0.4) is 0 Å². The summed E-state index contributed by atoms with van der Waals surface area (Å²) >= 11 is 10.3. The standard InChI is InChI=1S/C41H39Br2I/c1-38(2,3)24-8-12-26(13-9-24)41(27-14-10-25(11-15-27)39(4,5)6)36-21-29(43)17-19-31(36)33-22-35-32(23-37(33)41)30-18-16-28(42)20-34(30)40(35,7)44/h8-10,12-14,16-23H,11,15H2,1-7H3. The van der Waals surface area contributed by atoms with Gasteiger partial charge in [0.1, 0.15) is 0 Å². The van der Waals surface area contributed by atoms with Crippen LogP contribution in [0.1, 0.15) is 94.7 Å². The van der Waals surface area contributed by atoms with Crippen molar-refractivity contribution in [3.63, 3.8) is 0 Å². The molecule has 4 aromatic rings. The second-order valence-electron chi connectivity index (χ2n) is 15.0. The third kappa shape index (κ3) is 4.53. The second-order valence-corrected chi connectivity index (χ2v) is 19.0. The molecule has 0 aliphatic heterocycles. The zero-order valence-corrected chi connectivity index (χ0v) is 32.0. The van der Waals surface area contributed by atoms with Crippen molar-refractivity contribution in [2.45, 2.75) is 75.6 Å². The fourth-order valence-electron chi connectivity index (χ4n) is 7.87. The van der Waals surface area contributed by atoms with Crippen molar-refractivity contribution in [3.8, 4) is 22.3 Å². The van der Waals surface area contributed by atoms with Crippen LogP contribution in [-0.4, -0.2) is 0 Å². The maximum Gasteiger partial charge on any atom is 0.0703 e. The minimum absolute atomic E-state index is 0.0955. The summed E-state index contributed by atoms with van der Waals surface area (Å²) in [5.41, 5.74) is 16.7. The maximum absolute atomic E-state index is 3.89. The summed E-state index contributed by atoms with van der Waals surface area (Å²) in [6, 6.07) is 28.5. The van der Waals surface area contributed by atoms with E-state index in [9.17, 15) is 0 Å². The van der Waals surface area contributed by atoms with E-state index >= 15 is 0 Å². The summed E-state index contributed by atoms with van der Waals surface area (Å²) in [5.74, 6) is 0. The molecule has 0 saturated heterocycles. The molecule has 3 heteroatoms. The molecule has 0 amide bonds. The molecule has 3 aliphatic carbocycles. The highest BCUT2D eigenvalue weighted by Crippen LogP contribution is 2.62. The number of fused-ring (bicyclic) bond motifs is 6. The van der Waals surface area contributed by atoms with Crippen LogP contribution in [0.4, 0.5) is 0 Å². The lowest BCUT2D eigenvalue weighted by molar-refractivity contribution is 0.475. The van der Waals surface area contributed by atoms with Gasteiger partial charge in [-0.3, -0.25) is 0 Å². The Bertz CT molecular complexity index is 1910. The summed E-state index contributed by atoms with van der Waals surface area (Å²) in [6.45, 7) is 16.3. The largest absolute Gasteiger partial charge is 0.0703 e. The molecule has 0 N–H and O–H groups in total. The highest BCUT2D eigenvalue weighted by Gasteiger charge is 2.50. The second kappa shape index (κ2) is 10.3. The van der Waals surface area contributed by atoms with Gasteiger partial charge >= 0.3 is 0 Å². The van der Waals surface area contributed by atoms with Gasteiger partial charge in [0.15, 0.2) is 0 Å². The fourth-order valence-corrected chi connectivity index (χ4v) is 9.49. The van der Waals surface area contributed by atoms with Crippen LogP contribution in [0, 0.1) is 5.41 Å². The monoisotopic (exact) mass is 816 g/mol. The van der Waals surface area contributed by atoms with Gasteiger partial charge in [-0.25, -0.2) is 0 Å². The van der Waals surface area contributed by atoms with Crippen LogP contribution in [0.25, 0.3) is 22.3 Å². The molecule has 4 aromatic carbocycles. The van der Waals surface area contributed by atoms with E-state index in [2.05, 4.69) is 188 Å². The van der Waals surface area contributed by atoms with Crippen molar-refractivity contribution in [1.82, 2.24) is 0 Å². The van der Waals surface area contributed by atoms with Gasteiger partial charge in [-0.05, 0) is 123 Å². The number of hydrogen-bond donors (Lipinski definition) is 0. The minimum Gasteiger partial charge on any atom is -0.0686 e. The zero-order valence-electron chi connectivity index (χ0n) is 26.6. The Hall–Kier alpha value is -1.95. The third-order valence-corrected chi connectivity index (χ3v) is 12.4. The normalized spacial score (nSPS) is 22.1. The predicted octanol–water partition coefficient (Wildman–Crippen LogP) is 13.2. The van der Waals surface area contributed by atoms with E-state index in [1.165, 1.54) is 66.8 Å². The van der Waals surface area contributed by atoms with Crippen LogP contribution in [0.15, 0.2) is 105 Å². The first kappa shape index (κ1) is 30.7. The first-order valence-corrected chi connectivity index (χ1v) is 18.3. The Morgan fingerprint density at radius 2 is 1.11 bits per heavy atom. The van der Waals surface area contributed by atoms with Crippen LogP contribution >= 0.6 is 54.5 Å². The highest BCUT2D eigenvalue weighted by molar-refractivity contribution is 14.1. The molecule has 0 saturated carbocycles. The van der Waals surface area contributed by atoms with Crippen molar-refractivity contribution in [2.24, 2.45) is 5.41 Å². The van der Waals surface area contributed by atoms with Gasteiger partial charge in [0.05, 0.1) is 8.84 Å². The predicted molar refractivity (Wildman–Crippen MR) is 203 cm³/mol. The van der Waals surface area contributed by atoms with Gasteiger partial charge in [-0.1, -0.05) is 156 Å². The van der Waals surface area contributed by atoms with Crippen LogP contribution in [0.2, 0.25) is 0 Å². The van der Waals surface area contributed by atoms with Crippen molar-refractivity contribution in [2.75, 3.05) is 0 Å². The molecule has 0 bridgehead atoms. The van der Waals surface area contributed by atoms with Crippen LogP contribution in [-0.2, 0) is 14.3 Å². The Labute approximate surface area is 293 Å². The molecule has 44 heavy (non-hydrogen) atoms. The minimum atomic E-state index is -0.375. The number of allylic oxidation sites excluding steroid dienone is 4. The summed E-state index contributed by atoms with van der Waals surface area (Å²) in [4.78, 5) is 0. The van der Waals surface area contributed by atoms with Gasteiger partial charge in [-0.15, -0.1) is 0 Å². The molecule has 3 aliphatic rings. The summed E-state index contributed by atoms with van der Waals surface area (Å²) in [5, 5.41) is 0. The molecule has 0 spiro atoms. The fraction of sp³-hybridized carbons (Fsp3) is 0.317. The maximum atomic E-state index is 3.89. The van der Waals surface area contributed by atoms with Gasteiger partial charge in [0.25, 0.3) is 0 Å². The van der Waals surface area contributed by atoms with Crippen LogP contribution < -0.4 is 0 Å². The van der Waals surface area contributed by atoms with Crippen molar-refractivity contribution < 1.29 is 0 Å². The molecule has 0 nitrogen and oxygen atoms in total. The first-order chi connectivity index (χ1) is 20.6. The number of benzene rings is 4. The van der Waals surface area contributed by atoms with E-state index in [0.29, 0.717) is 0 Å². The van der Waals surface area contributed by atoms with Crippen molar-refractivity contribution in [1.29, 1.82) is 0 Å². The average molecular weight is 818 g/mol. The Balaban J connectivity index is 1.58. The van der Waals surface area contributed by atoms with Crippen LogP contribution in [0.5, 0.6) is 0 Å². The van der Waals surface area contributed by atoms with Crippen molar-refractivity contribution >= 4 is 54.5 Å². The number of hydrogen-bond acceptors (Lipinski definition) is 0. The van der Waals surface area contributed by atoms with E-state index in [-0.39, 0.29) is 19.7 Å². The molecule has 0 radical (unpaired) electrons. The van der Waals surface area contributed by atoms with E-state index < -0.39 is 0 Å². The van der Waals surface area contributed by atoms with E-state index in [1.54, 1.807) is 0 Å². The third-order valence-electron chi connectivity index (χ3n) is 10.3. The van der Waals surface area contributed by atoms with Gasteiger partial charge in [0.2, 0.25) is 0 Å². The molecular weight excluding hydrogens is 779 g/mol. The highest BCUT2D eigenvalue weighted by atomic mass is 127. The molecule has 0 aromatic heterocycles. The number of rotatable bonds is 2. The molecular formula is C41H39Br2I. The molecule has 2 unspecified atom stereocenters. The first-order valence-electron chi connectivity index (χ1n) is 15.6. The Kier molecular flexibility index (Phi) is 7.17. The summed E-state index contributed by atoms with van der Waals surface area (Å²) < 4.78 is 2.16. The van der Waals surface area contributed by atoms with Crippen molar-refractivity contribution in [3.05, 3.63) is 138 Å². The topological polar surface area (TPSA) is 0 Å². The lowest BCUT2D eigenvalue weighted by atomic mass is 9.63. The molecule has 0 fully saturated rings. The van der Waals surface area contributed by atoms with Gasteiger partial charge < -0.3 is 0 Å². The molecule has 7 rings (SSSR count). The Morgan fingerprint density at radius 3 is 1.68 bits per heavy atom. The van der Waals surface area contributed by atoms with E-state index in [4.69, 9.17) is 0 Å². The van der Waals surface area contributed by atoms with Gasteiger partial charge in [0, 0.05) is 8.95 Å². The quantitative estimate of drug-likeness (QED) is 0.140. The lowest BCUT2D eigenvalue weighted by Gasteiger charge is -2.39. The lowest BCUT2D eigenvalue weighted by Crippen LogP contribution is -2.31. The smallest absolute Gasteiger partial charge is 0.0686 e.